The number of pyridine rings is 1. The molecular formula is C24H23N7O. The molecule has 4 rings (SSSR count). The van der Waals surface area contributed by atoms with Gasteiger partial charge in [-0.1, -0.05) is 19.9 Å². The molecule has 1 N–H and O–H groups in total. The smallest absolute Gasteiger partial charge is 0.218 e. The normalized spacial score (nSPS) is 10.8. The molecular weight excluding hydrogens is 402 g/mol. The van der Waals surface area contributed by atoms with Crippen LogP contribution < -0.4 is 10.1 Å². The lowest BCUT2D eigenvalue weighted by molar-refractivity contribution is 0.432. The molecule has 0 bridgehead atoms. The van der Waals surface area contributed by atoms with Crippen LogP contribution in [0, 0.1) is 11.3 Å². The van der Waals surface area contributed by atoms with Crippen LogP contribution in [0.2, 0.25) is 0 Å². The molecule has 32 heavy (non-hydrogen) atoms. The van der Waals surface area contributed by atoms with Gasteiger partial charge < -0.3 is 10.1 Å². The van der Waals surface area contributed by atoms with Crippen molar-refractivity contribution < 1.29 is 4.74 Å². The van der Waals surface area contributed by atoms with E-state index in [0.29, 0.717) is 46.9 Å². The Morgan fingerprint density at radius 3 is 2.56 bits per heavy atom. The molecule has 0 aliphatic carbocycles. The van der Waals surface area contributed by atoms with Crippen LogP contribution in [0.3, 0.4) is 0 Å². The van der Waals surface area contributed by atoms with Gasteiger partial charge in [-0.2, -0.15) is 10.4 Å². The number of hydrogen-bond acceptors (Lipinski definition) is 7. The number of nitriles is 1. The number of benzene rings is 1. The molecule has 0 saturated carbocycles. The monoisotopic (exact) mass is 425 g/mol. The number of aryl methyl sites for hydroxylation is 1. The van der Waals surface area contributed by atoms with E-state index in [-0.39, 0.29) is 0 Å². The van der Waals surface area contributed by atoms with Crippen molar-refractivity contribution in [1.82, 2.24) is 30.0 Å². The quantitative estimate of drug-likeness (QED) is 0.475. The molecule has 0 unspecified atom stereocenters. The summed E-state index contributed by atoms with van der Waals surface area (Å²) in [6.45, 7) is 4.88. The molecule has 0 radical (unpaired) electrons. The zero-order valence-corrected chi connectivity index (χ0v) is 18.1. The second kappa shape index (κ2) is 9.37. The molecule has 8 heteroatoms. The summed E-state index contributed by atoms with van der Waals surface area (Å²) in [5.41, 5.74) is 3.60. The summed E-state index contributed by atoms with van der Waals surface area (Å²) in [4.78, 5) is 13.4. The van der Waals surface area contributed by atoms with E-state index in [2.05, 4.69) is 45.3 Å². The predicted octanol–water partition coefficient (Wildman–Crippen LogP) is 4.10. The highest BCUT2D eigenvalue weighted by molar-refractivity contribution is 5.66. The topological polar surface area (TPSA) is 102 Å². The van der Waals surface area contributed by atoms with Gasteiger partial charge in [0.2, 0.25) is 5.88 Å². The van der Waals surface area contributed by atoms with Crippen molar-refractivity contribution in [3.05, 3.63) is 72.2 Å². The second-order valence-electron chi connectivity index (χ2n) is 7.58. The van der Waals surface area contributed by atoms with Crippen molar-refractivity contribution in [2.75, 3.05) is 0 Å². The molecule has 3 heterocycles. The van der Waals surface area contributed by atoms with Crippen LogP contribution in [0.25, 0.3) is 22.8 Å². The molecule has 0 saturated heterocycles. The first-order chi connectivity index (χ1) is 15.5. The van der Waals surface area contributed by atoms with Gasteiger partial charge in [-0.25, -0.2) is 14.6 Å². The summed E-state index contributed by atoms with van der Waals surface area (Å²) in [7, 11) is 1.79. The van der Waals surface area contributed by atoms with Crippen LogP contribution in [0.1, 0.15) is 25.0 Å². The van der Waals surface area contributed by atoms with Gasteiger partial charge in [0.25, 0.3) is 0 Å². The number of rotatable bonds is 7. The molecule has 4 aromatic rings. The van der Waals surface area contributed by atoms with Gasteiger partial charge in [0.15, 0.2) is 5.82 Å². The zero-order valence-electron chi connectivity index (χ0n) is 18.1. The highest BCUT2D eigenvalue weighted by atomic mass is 16.5. The summed E-state index contributed by atoms with van der Waals surface area (Å²) >= 11 is 0. The summed E-state index contributed by atoms with van der Waals surface area (Å²) in [5, 5.41) is 17.2. The van der Waals surface area contributed by atoms with E-state index in [1.165, 1.54) is 0 Å². The van der Waals surface area contributed by atoms with E-state index in [9.17, 15) is 5.26 Å². The molecule has 0 spiro atoms. The largest absolute Gasteiger partial charge is 0.438 e. The number of ether oxygens (including phenoxy) is 1. The molecule has 160 valence electrons. The second-order valence-corrected chi connectivity index (χ2v) is 7.58. The van der Waals surface area contributed by atoms with Crippen molar-refractivity contribution >= 4 is 0 Å². The van der Waals surface area contributed by atoms with Crippen LogP contribution in [-0.2, 0) is 13.6 Å². The van der Waals surface area contributed by atoms with Crippen LogP contribution in [-0.4, -0.2) is 30.8 Å². The molecule has 0 aliphatic heterocycles. The molecule has 0 amide bonds. The highest BCUT2D eigenvalue weighted by Gasteiger charge is 2.15. The maximum Gasteiger partial charge on any atom is 0.218 e. The van der Waals surface area contributed by atoms with Gasteiger partial charge in [0.05, 0.1) is 22.9 Å². The molecule has 8 nitrogen and oxygen atoms in total. The van der Waals surface area contributed by atoms with Gasteiger partial charge in [0, 0.05) is 49.9 Å². The molecule has 0 atom stereocenters. The summed E-state index contributed by atoms with van der Waals surface area (Å²) in [6.07, 6.45) is 5.31. The van der Waals surface area contributed by atoms with Gasteiger partial charge >= 0.3 is 0 Å². The average Bonchev–Trinajstić information content (AvgIpc) is 3.18. The van der Waals surface area contributed by atoms with Crippen molar-refractivity contribution in [3.63, 3.8) is 0 Å². The number of hydrogen-bond donors (Lipinski definition) is 1. The summed E-state index contributed by atoms with van der Waals surface area (Å²) in [6, 6.07) is 15.2. The minimum absolute atomic E-state index is 0.378. The lowest BCUT2D eigenvalue weighted by atomic mass is 10.1. The zero-order chi connectivity index (χ0) is 22.5. The minimum atomic E-state index is 0.378. The first-order valence-electron chi connectivity index (χ1n) is 10.3. The third kappa shape index (κ3) is 4.79. The third-order valence-corrected chi connectivity index (χ3v) is 4.75. The maximum absolute atomic E-state index is 9.37. The Bertz CT molecular complexity index is 1240. The van der Waals surface area contributed by atoms with E-state index in [0.717, 1.165) is 11.3 Å². The standard InChI is InChI=1S/C24H23N7O/c1-16(2)27-13-18-14-28-24(29-15-18)19-8-7-17(12-25)10-22(19)32-23-11-21(30-31(23)3)20-6-4-5-9-26-20/h4-11,14-16,27H,13H2,1-3H3. The van der Waals surface area contributed by atoms with Crippen LogP contribution in [0.15, 0.2) is 61.1 Å². The van der Waals surface area contributed by atoms with Crippen molar-refractivity contribution in [2.45, 2.75) is 26.4 Å². The first kappa shape index (κ1) is 21.2. The van der Waals surface area contributed by atoms with Gasteiger partial charge in [-0.05, 0) is 30.3 Å². The SMILES string of the molecule is CC(C)NCc1cnc(-c2ccc(C#N)cc2Oc2cc(-c3ccccn3)nn2C)nc1. The highest BCUT2D eigenvalue weighted by Crippen LogP contribution is 2.33. The predicted molar refractivity (Wildman–Crippen MR) is 121 cm³/mol. The fourth-order valence-electron chi connectivity index (χ4n) is 3.07. The number of aromatic nitrogens is 5. The Kier molecular flexibility index (Phi) is 6.19. The number of nitrogens with one attached hydrogen (secondary N) is 1. The fourth-order valence-corrected chi connectivity index (χ4v) is 3.07. The Labute approximate surface area is 186 Å². The summed E-state index contributed by atoms with van der Waals surface area (Å²) in [5.74, 6) is 1.51. The van der Waals surface area contributed by atoms with Gasteiger partial charge in [0.1, 0.15) is 11.4 Å². The first-order valence-corrected chi connectivity index (χ1v) is 10.3. The average molecular weight is 425 g/mol. The van der Waals surface area contributed by atoms with Gasteiger partial charge in [-0.15, -0.1) is 0 Å². The lowest BCUT2D eigenvalue weighted by Crippen LogP contribution is -2.21. The Balaban J connectivity index is 1.65. The molecule has 0 fully saturated rings. The van der Waals surface area contributed by atoms with Crippen LogP contribution in [0.4, 0.5) is 0 Å². The molecule has 3 aromatic heterocycles. The third-order valence-electron chi connectivity index (χ3n) is 4.75. The van der Waals surface area contributed by atoms with E-state index < -0.39 is 0 Å². The molecule has 1 aromatic carbocycles. The Morgan fingerprint density at radius 2 is 1.88 bits per heavy atom. The van der Waals surface area contributed by atoms with Crippen LogP contribution in [0.5, 0.6) is 11.6 Å². The fraction of sp³-hybridized carbons (Fsp3) is 0.208. The Hall–Kier alpha value is -4.09. The van der Waals surface area contributed by atoms with E-state index >= 15 is 0 Å². The summed E-state index contributed by atoms with van der Waals surface area (Å²) < 4.78 is 7.81. The van der Waals surface area contributed by atoms with Crippen LogP contribution >= 0.6 is 0 Å². The van der Waals surface area contributed by atoms with E-state index in [1.807, 2.05) is 24.3 Å². The lowest BCUT2D eigenvalue weighted by Gasteiger charge is -2.11. The minimum Gasteiger partial charge on any atom is -0.438 e. The van der Waals surface area contributed by atoms with Crippen molar-refractivity contribution in [2.24, 2.45) is 7.05 Å². The maximum atomic E-state index is 9.37. The molecule has 0 aliphatic rings. The Morgan fingerprint density at radius 1 is 1.06 bits per heavy atom. The number of nitrogens with zero attached hydrogens (tertiary/aromatic N) is 6. The van der Waals surface area contributed by atoms with E-state index in [1.54, 1.807) is 48.5 Å². The van der Waals surface area contributed by atoms with Gasteiger partial charge in [-0.3, -0.25) is 4.98 Å². The van der Waals surface area contributed by atoms with Crippen molar-refractivity contribution in [3.8, 4) is 40.5 Å². The van der Waals surface area contributed by atoms with Crippen molar-refractivity contribution in [1.29, 1.82) is 5.26 Å². The van der Waals surface area contributed by atoms with E-state index in [4.69, 9.17) is 4.74 Å².